The molecule has 110 valence electrons. The topological polar surface area (TPSA) is 87.6 Å². The lowest BCUT2D eigenvalue weighted by Gasteiger charge is -2.27. The van der Waals surface area contributed by atoms with Crippen LogP contribution in [0.1, 0.15) is 20.9 Å². The van der Waals surface area contributed by atoms with Crippen molar-refractivity contribution in [2.75, 3.05) is 6.54 Å². The van der Waals surface area contributed by atoms with Crippen LogP contribution in [0.5, 0.6) is 0 Å². The van der Waals surface area contributed by atoms with Gasteiger partial charge < -0.3 is 5.11 Å². The maximum absolute atomic E-state index is 12.6. The minimum atomic E-state index is -3.80. The Morgan fingerprint density at radius 1 is 1.38 bits per heavy atom. The summed E-state index contributed by atoms with van der Waals surface area (Å²) < 4.78 is 26.6. The summed E-state index contributed by atoms with van der Waals surface area (Å²) in [5.41, 5.74) is 1.76. The molecule has 0 saturated carbocycles. The molecule has 2 aromatic heterocycles. The van der Waals surface area contributed by atoms with Crippen molar-refractivity contribution in [3.8, 4) is 0 Å². The summed E-state index contributed by atoms with van der Waals surface area (Å²) in [4.78, 5) is 15.1. The Kier molecular flexibility index (Phi) is 3.52. The van der Waals surface area contributed by atoms with Crippen molar-refractivity contribution in [3.05, 3.63) is 45.9 Å². The van der Waals surface area contributed by atoms with Gasteiger partial charge in [0.15, 0.2) is 0 Å². The second kappa shape index (κ2) is 5.21. The van der Waals surface area contributed by atoms with Gasteiger partial charge in [-0.3, -0.25) is 4.98 Å². The fourth-order valence-corrected chi connectivity index (χ4v) is 4.99. The number of aromatic nitrogens is 1. The molecule has 0 unspecified atom stereocenters. The van der Waals surface area contributed by atoms with Gasteiger partial charge in [0.1, 0.15) is 9.77 Å². The third-order valence-corrected chi connectivity index (χ3v) is 6.29. The highest BCUT2D eigenvalue weighted by Gasteiger charge is 2.32. The third-order valence-electron chi connectivity index (χ3n) is 3.37. The Morgan fingerprint density at radius 2 is 2.19 bits per heavy atom. The quantitative estimate of drug-likeness (QED) is 0.926. The summed E-state index contributed by atoms with van der Waals surface area (Å²) in [5.74, 6) is -1.22. The minimum absolute atomic E-state index is 0.132. The van der Waals surface area contributed by atoms with Gasteiger partial charge in [0, 0.05) is 31.4 Å². The molecular formula is C13H12N2O4S2. The van der Waals surface area contributed by atoms with Gasteiger partial charge in [-0.05, 0) is 23.1 Å². The van der Waals surface area contributed by atoms with E-state index in [2.05, 4.69) is 4.98 Å². The number of carboxylic acids is 1. The predicted molar refractivity (Wildman–Crippen MR) is 76.8 cm³/mol. The lowest BCUT2D eigenvalue weighted by Crippen LogP contribution is -2.36. The molecule has 0 amide bonds. The molecule has 2 aromatic rings. The lowest BCUT2D eigenvalue weighted by molar-refractivity contribution is 0.0698. The van der Waals surface area contributed by atoms with Gasteiger partial charge in [-0.15, -0.1) is 11.3 Å². The van der Waals surface area contributed by atoms with E-state index in [1.165, 1.54) is 15.8 Å². The molecule has 6 nitrogen and oxygen atoms in total. The molecule has 0 fully saturated rings. The highest BCUT2D eigenvalue weighted by molar-refractivity contribution is 7.89. The van der Waals surface area contributed by atoms with E-state index in [1.807, 2.05) is 6.07 Å². The SMILES string of the molecule is O=C(O)c1sccc1S(=O)(=O)N1CCc2ncccc2C1. The molecule has 8 heteroatoms. The van der Waals surface area contributed by atoms with Crippen molar-refractivity contribution >= 4 is 27.3 Å². The zero-order valence-corrected chi connectivity index (χ0v) is 12.5. The number of hydrogen-bond donors (Lipinski definition) is 1. The van der Waals surface area contributed by atoms with Gasteiger partial charge >= 0.3 is 5.97 Å². The first-order valence-corrected chi connectivity index (χ1v) is 8.56. The number of thiophene rings is 1. The molecule has 0 atom stereocenters. The number of fused-ring (bicyclic) bond motifs is 1. The zero-order chi connectivity index (χ0) is 15.0. The van der Waals surface area contributed by atoms with Crippen LogP contribution in [-0.4, -0.2) is 35.3 Å². The molecule has 0 aromatic carbocycles. The van der Waals surface area contributed by atoms with E-state index < -0.39 is 16.0 Å². The van der Waals surface area contributed by atoms with Crippen LogP contribution in [0.25, 0.3) is 0 Å². The maximum atomic E-state index is 12.6. The monoisotopic (exact) mass is 324 g/mol. The average Bonchev–Trinajstić information content (AvgIpc) is 2.97. The Hall–Kier alpha value is -1.77. The molecular weight excluding hydrogens is 312 g/mol. The highest BCUT2D eigenvalue weighted by Crippen LogP contribution is 2.28. The molecule has 0 aliphatic carbocycles. The Bertz CT molecular complexity index is 798. The van der Waals surface area contributed by atoms with Gasteiger partial charge in [0.05, 0.1) is 0 Å². The van der Waals surface area contributed by atoms with E-state index in [0.29, 0.717) is 13.0 Å². The van der Waals surface area contributed by atoms with Crippen LogP contribution in [0.4, 0.5) is 0 Å². The number of aromatic carboxylic acids is 1. The molecule has 1 aliphatic rings. The molecule has 1 N–H and O–H groups in total. The van der Waals surface area contributed by atoms with Crippen LogP contribution in [0.3, 0.4) is 0 Å². The fraction of sp³-hybridized carbons (Fsp3) is 0.231. The number of rotatable bonds is 3. The van der Waals surface area contributed by atoms with Crippen LogP contribution in [-0.2, 0) is 23.0 Å². The number of hydrogen-bond acceptors (Lipinski definition) is 5. The second-order valence-electron chi connectivity index (χ2n) is 4.62. The number of carbonyl (C=O) groups is 1. The summed E-state index contributed by atoms with van der Waals surface area (Å²) in [6, 6.07) is 4.96. The summed E-state index contributed by atoms with van der Waals surface area (Å²) >= 11 is 0.916. The number of pyridine rings is 1. The van der Waals surface area contributed by atoms with Gasteiger partial charge in [-0.1, -0.05) is 6.07 Å². The molecule has 0 saturated heterocycles. The number of carboxylic acid groups (broad SMARTS) is 1. The molecule has 3 rings (SSSR count). The molecule has 3 heterocycles. The molecule has 0 bridgehead atoms. The summed E-state index contributed by atoms with van der Waals surface area (Å²) in [6.45, 7) is 0.529. The highest BCUT2D eigenvalue weighted by atomic mass is 32.2. The third kappa shape index (κ3) is 2.45. The van der Waals surface area contributed by atoms with Crippen molar-refractivity contribution in [1.29, 1.82) is 0 Å². The van der Waals surface area contributed by atoms with Crippen LogP contribution >= 0.6 is 11.3 Å². The van der Waals surface area contributed by atoms with E-state index in [1.54, 1.807) is 12.3 Å². The Morgan fingerprint density at radius 3 is 2.95 bits per heavy atom. The smallest absolute Gasteiger partial charge is 0.347 e. The second-order valence-corrected chi connectivity index (χ2v) is 7.44. The van der Waals surface area contributed by atoms with Crippen molar-refractivity contribution in [1.82, 2.24) is 9.29 Å². The first-order valence-electron chi connectivity index (χ1n) is 6.24. The van der Waals surface area contributed by atoms with E-state index in [0.717, 1.165) is 22.6 Å². The standard InChI is InChI=1S/C13H12N2O4S2/c16-13(17)12-11(4-7-20-12)21(18,19)15-6-3-10-9(8-15)2-1-5-14-10/h1-2,4-5,7H,3,6,8H2,(H,16,17). The van der Waals surface area contributed by atoms with Gasteiger partial charge in [0.25, 0.3) is 0 Å². The van der Waals surface area contributed by atoms with E-state index >= 15 is 0 Å². The Balaban J connectivity index is 1.97. The van der Waals surface area contributed by atoms with Gasteiger partial charge in [-0.2, -0.15) is 4.31 Å². The average molecular weight is 324 g/mol. The zero-order valence-electron chi connectivity index (χ0n) is 10.9. The van der Waals surface area contributed by atoms with Crippen molar-refractivity contribution < 1.29 is 18.3 Å². The Labute approximate surface area is 125 Å². The van der Waals surface area contributed by atoms with E-state index in [4.69, 9.17) is 5.11 Å². The molecule has 0 spiro atoms. The van der Waals surface area contributed by atoms with Crippen LogP contribution in [0, 0.1) is 0 Å². The van der Waals surface area contributed by atoms with Crippen molar-refractivity contribution in [2.24, 2.45) is 0 Å². The van der Waals surface area contributed by atoms with Gasteiger partial charge in [-0.25, -0.2) is 13.2 Å². The number of nitrogens with zero attached hydrogens (tertiary/aromatic N) is 2. The summed E-state index contributed by atoms with van der Waals surface area (Å²) in [5, 5.41) is 10.6. The van der Waals surface area contributed by atoms with Crippen molar-refractivity contribution in [2.45, 2.75) is 17.9 Å². The van der Waals surface area contributed by atoms with E-state index in [9.17, 15) is 13.2 Å². The molecule has 0 radical (unpaired) electrons. The first-order chi connectivity index (χ1) is 10.00. The van der Waals surface area contributed by atoms with Crippen LogP contribution in [0.2, 0.25) is 0 Å². The molecule has 1 aliphatic heterocycles. The predicted octanol–water partition coefficient (Wildman–Crippen LogP) is 1.59. The van der Waals surface area contributed by atoms with Gasteiger partial charge in [0.2, 0.25) is 10.0 Å². The van der Waals surface area contributed by atoms with E-state index in [-0.39, 0.29) is 16.3 Å². The first kappa shape index (κ1) is 14.2. The minimum Gasteiger partial charge on any atom is -0.477 e. The fourth-order valence-electron chi connectivity index (χ4n) is 2.34. The van der Waals surface area contributed by atoms with Crippen LogP contribution in [0.15, 0.2) is 34.7 Å². The number of sulfonamides is 1. The lowest BCUT2D eigenvalue weighted by atomic mass is 10.1. The normalized spacial score (nSPS) is 15.6. The summed E-state index contributed by atoms with van der Waals surface area (Å²) in [7, 11) is -3.80. The maximum Gasteiger partial charge on any atom is 0.347 e. The molecule has 21 heavy (non-hydrogen) atoms. The summed E-state index contributed by atoms with van der Waals surface area (Å²) in [6.07, 6.45) is 2.21. The largest absolute Gasteiger partial charge is 0.477 e. The van der Waals surface area contributed by atoms with Crippen LogP contribution < -0.4 is 0 Å². The van der Waals surface area contributed by atoms with Crippen molar-refractivity contribution in [3.63, 3.8) is 0 Å².